The van der Waals surface area contributed by atoms with E-state index in [4.69, 9.17) is 0 Å². The third-order valence-corrected chi connectivity index (χ3v) is 3.00. The molecule has 0 unspecified atom stereocenters. The minimum Gasteiger partial charge on any atom is -0.344 e. The second-order valence-electron chi connectivity index (χ2n) is 4.33. The summed E-state index contributed by atoms with van der Waals surface area (Å²) in [6.07, 6.45) is 4.90. The van der Waals surface area contributed by atoms with Crippen LogP contribution in [-0.4, -0.2) is 59.4 Å². The van der Waals surface area contributed by atoms with Gasteiger partial charge < -0.3 is 15.1 Å². The Morgan fingerprint density at radius 2 is 1.90 bits per heavy atom. The lowest BCUT2D eigenvalue weighted by atomic mass is 10.3. The average Bonchev–Trinajstić information content (AvgIpc) is 2.53. The van der Waals surface area contributed by atoms with Crippen LogP contribution in [-0.2, 0) is 9.59 Å². The highest BCUT2D eigenvalue weighted by Gasteiger charge is 2.26. The zero-order chi connectivity index (χ0) is 14.4. The molecule has 7 nitrogen and oxygen atoms in total. The zero-order valence-electron chi connectivity index (χ0n) is 11.2. The molecule has 1 aromatic heterocycles. The number of carbonyl (C=O) groups excluding carboxylic acids is 2. The number of carbonyl (C=O) groups is 2. The highest BCUT2D eigenvalue weighted by Crippen LogP contribution is 2.09. The molecular formula is C13H17N5O2. The third-order valence-electron chi connectivity index (χ3n) is 3.00. The molecule has 0 radical (unpaired) electrons. The largest absolute Gasteiger partial charge is 0.344 e. The summed E-state index contributed by atoms with van der Waals surface area (Å²) in [5, 5.41) is 2.49. The van der Waals surface area contributed by atoms with Crippen LogP contribution in [0, 0.1) is 0 Å². The maximum absolute atomic E-state index is 11.9. The molecular weight excluding hydrogens is 258 g/mol. The van der Waals surface area contributed by atoms with Crippen molar-refractivity contribution in [1.82, 2.24) is 20.2 Å². The molecule has 106 valence electrons. The van der Waals surface area contributed by atoms with E-state index in [9.17, 15) is 9.59 Å². The lowest BCUT2D eigenvalue weighted by Crippen LogP contribution is -2.53. The first-order chi connectivity index (χ1) is 9.72. The Labute approximate surface area is 117 Å². The Kier molecular flexibility index (Phi) is 4.65. The van der Waals surface area contributed by atoms with Gasteiger partial charge in [-0.05, 0) is 6.07 Å². The molecule has 0 spiro atoms. The molecule has 0 saturated carbocycles. The molecule has 0 aliphatic carbocycles. The Morgan fingerprint density at radius 3 is 2.50 bits per heavy atom. The van der Waals surface area contributed by atoms with Crippen LogP contribution in [0.3, 0.4) is 0 Å². The van der Waals surface area contributed by atoms with E-state index >= 15 is 0 Å². The van der Waals surface area contributed by atoms with Crippen molar-refractivity contribution < 1.29 is 9.59 Å². The fourth-order valence-corrected chi connectivity index (χ4v) is 1.95. The monoisotopic (exact) mass is 275 g/mol. The molecule has 0 atom stereocenters. The van der Waals surface area contributed by atoms with Crippen molar-refractivity contribution in [2.75, 3.05) is 37.6 Å². The predicted molar refractivity (Wildman–Crippen MR) is 74.0 cm³/mol. The second kappa shape index (κ2) is 6.65. The zero-order valence-corrected chi connectivity index (χ0v) is 11.2. The summed E-state index contributed by atoms with van der Waals surface area (Å²) in [6, 6.07) is 1.76. The maximum atomic E-state index is 11.9. The maximum Gasteiger partial charge on any atom is 0.312 e. The minimum absolute atomic E-state index is 0.294. The standard InChI is InChI=1S/C13H17N5O2/c1-2-4-14-11(19)12(20)17-7-9-18(10-8-17)13-15-5-3-6-16-13/h2-3,5-6H,1,4,7-10H2,(H,14,19). The van der Waals surface area contributed by atoms with Gasteiger partial charge in [0.05, 0.1) is 0 Å². The van der Waals surface area contributed by atoms with E-state index in [1.54, 1.807) is 18.5 Å². The average molecular weight is 275 g/mol. The van der Waals surface area contributed by atoms with Crippen LogP contribution < -0.4 is 10.2 Å². The summed E-state index contributed by atoms with van der Waals surface area (Å²) >= 11 is 0. The summed E-state index contributed by atoms with van der Waals surface area (Å²) in [5.74, 6) is -0.439. The molecule has 7 heteroatoms. The number of amides is 2. The van der Waals surface area contributed by atoms with Crippen molar-refractivity contribution in [1.29, 1.82) is 0 Å². The van der Waals surface area contributed by atoms with Gasteiger partial charge in [-0.25, -0.2) is 9.97 Å². The summed E-state index contributed by atoms with van der Waals surface area (Å²) in [4.78, 5) is 35.3. The first-order valence-corrected chi connectivity index (χ1v) is 6.42. The molecule has 1 aliphatic rings. The van der Waals surface area contributed by atoms with Gasteiger partial charge >= 0.3 is 11.8 Å². The molecule has 2 rings (SSSR count). The third kappa shape index (κ3) is 3.31. The topological polar surface area (TPSA) is 78.4 Å². The van der Waals surface area contributed by atoms with Crippen molar-refractivity contribution in [3.63, 3.8) is 0 Å². The smallest absolute Gasteiger partial charge is 0.312 e. The molecule has 2 amide bonds. The number of nitrogens with one attached hydrogen (secondary N) is 1. The summed E-state index contributed by atoms with van der Waals surface area (Å²) < 4.78 is 0. The first-order valence-electron chi connectivity index (χ1n) is 6.42. The van der Waals surface area contributed by atoms with E-state index in [1.807, 2.05) is 4.90 Å². The molecule has 0 aromatic carbocycles. The van der Waals surface area contributed by atoms with Gasteiger partial charge in [0.15, 0.2) is 0 Å². The fourth-order valence-electron chi connectivity index (χ4n) is 1.95. The molecule has 1 N–H and O–H groups in total. The molecule has 20 heavy (non-hydrogen) atoms. The lowest BCUT2D eigenvalue weighted by Gasteiger charge is -2.34. The van der Waals surface area contributed by atoms with Gasteiger partial charge in [-0.2, -0.15) is 0 Å². The molecule has 0 bridgehead atoms. The Hall–Kier alpha value is -2.44. The van der Waals surface area contributed by atoms with Crippen molar-refractivity contribution in [2.24, 2.45) is 0 Å². The van der Waals surface area contributed by atoms with Crippen LogP contribution in [0.5, 0.6) is 0 Å². The fraction of sp³-hybridized carbons (Fsp3) is 0.385. The van der Waals surface area contributed by atoms with Gasteiger partial charge in [-0.15, -0.1) is 6.58 Å². The van der Waals surface area contributed by atoms with Crippen molar-refractivity contribution in [2.45, 2.75) is 0 Å². The quantitative estimate of drug-likeness (QED) is 0.590. The lowest BCUT2D eigenvalue weighted by molar-refractivity contribution is -0.145. The number of hydrogen-bond acceptors (Lipinski definition) is 5. The van der Waals surface area contributed by atoms with E-state index in [0.717, 1.165) is 0 Å². The van der Waals surface area contributed by atoms with Gasteiger partial charge in [0.25, 0.3) is 0 Å². The van der Waals surface area contributed by atoms with Gasteiger partial charge in [0, 0.05) is 45.1 Å². The second-order valence-corrected chi connectivity index (χ2v) is 4.33. The molecule has 2 heterocycles. The normalized spacial score (nSPS) is 14.8. The number of hydrogen-bond donors (Lipinski definition) is 1. The van der Waals surface area contributed by atoms with E-state index in [1.165, 1.54) is 11.0 Å². The Balaban J connectivity index is 1.86. The van der Waals surface area contributed by atoms with Crippen LogP contribution in [0.4, 0.5) is 5.95 Å². The van der Waals surface area contributed by atoms with Crippen molar-refractivity contribution in [3.8, 4) is 0 Å². The molecule has 1 fully saturated rings. The number of piperazine rings is 1. The summed E-state index contributed by atoms with van der Waals surface area (Å²) in [5.41, 5.74) is 0. The number of rotatable bonds is 3. The Morgan fingerprint density at radius 1 is 1.25 bits per heavy atom. The van der Waals surface area contributed by atoms with Crippen molar-refractivity contribution >= 4 is 17.8 Å². The van der Waals surface area contributed by atoms with E-state index in [2.05, 4.69) is 21.9 Å². The van der Waals surface area contributed by atoms with Gasteiger partial charge in [0.1, 0.15) is 0 Å². The van der Waals surface area contributed by atoms with E-state index in [-0.39, 0.29) is 0 Å². The van der Waals surface area contributed by atoms with Gasteiger partial charge in [-0.3, -0.25) is 9.59 Å². The molecule has 1 aliphatic heterocycles. The van der Waals surface area contributed by atoms with Crippen LogP contribution in [0.25, 0.3) is 0 Å². The van der Waals surface area contributed by atoms with E-state index in [0.29, 0.717) is 38.7 Å². The van der Waals surface area contributed by atoms with Gasteiger partial charge in [-0.1, -0.05) is 6.08 Å². The Bertz CT molecular complexity index is 483. The van der Waals surface area contributed by atoms with E-state index < -0.39 is 11.8 Å². The number of aromatic nitrogens is 2. The molecule has 1 saturated heterocycles. The highest BCUT2D eigenvalue weighted by molar-refractivity contribution is 6.35. The summed E-state index contributed by atoms with van der Waals surface area (Å²) in [6.45, 7) is 5.98. The SMILES string of the molecule is C=CCNC(=O)C(=O)N1CCN(c2ncccn2)CC1. The minimum atomic E-state index is -0.589. The highest BCUT2D eigenvalue weighted by atomic mass is 16.2. The number of nitrogens with zero attached hydrogens (tertiary/aromatic N) is 4. The predicted octanol–water partition coefficient (Wildman–Crippen LogP) is -0.573. The van der Waals surface area contributed by atoms with Crippen molar-refractivity contribution in [3.05, 3.63) is 31.1 Å². The van der Waals surface area contributed by atoms with Crippen LogP contribution in [0.15, 0.2) is 31.1 Å². The first kappa shape index (κ1) is 14.0. The van der Waals surface area contributed by atoms with Crippen LogP contribution >= 0.6 is 0 Å². The van der Waals surface area contributed by atoms with Crippen LogP contribution in [0.2, 0.25) is 0 Å². The van der Waals surface area contributed by atoms with Gasteiger partial charge in [0.2, 0.25) is 5.95 Å². The van der Waals surface area contributed by atoms with Crippen LogP contribution in [0.1, 0.15) is 0 Å². The summed E-state index contributed by atoms with van der Waals surface area (Å²) in [7, 11) is 0. The number of anilines is 1. The molecule has 1 aromatic rings.